The van der Waals surface area contributed by atoms with Gasteiger partial charge in [0.2, 0.25) is 5.91 Å². The molecule has 4 amide bonds. The number of rotatable bonds is 6. The number of amides is 4. The smallest absolute Gasteiger partial charge is 0.410 e. The Labute approximate surface area is 190 Å². The van der Waals surface area contributed by atoms with E-state index in [1.807, 2.05) is 32.9 Å². The normalized spacial score (nSPS) is 18.2. The number of imide groups is 1. The fraction of sp³-hybridized carbons (Fsp3) is 0.652. The van der Waals surface area contributed by atoms with Crippen molar-refractivity contribution in [2.45, 2.75) is 45.6 Å². The largest absolute Gasteiger partial charge is 0.444 e. The van der Waals surface area contributed by atoms with Gasteiger partial charge in [-0.2, -0.15) is 0 Å². The summed E-state index contributed by atoms with van der Waals surface area (Å²) in [5, 5.41) is 0. The zero-order valence-corrected chi connectivity index (χ0v) is 19.6. The molecule has 3 rings (SSSR count). The van der Waals surface area contributed by atoms with Crippen LogP contribution < -0.4 is 4.90 Å². The molecule has 1 aromatic rings. The highest BCUT2D eigenvalue weighted by atomic mass is 16.6. The number of ether oxygens (including phenoxy) is 1. The van der Waals surface area contributed by atoms with Crippen molar-refractivity contribution in [2.75, 3.05) is 51.2 Å². The molecule has 0 radical (unpaired) electrons. The van der Waals surface area contributed by atoms with E-state index in [0.717, 1.165) is 31.6 Å². The Balaban J connectivity index is 1.49. The second kappa shape index (κ2) is 10.2. The zero-order chi connectivity index (χ0) is 23.3. The number of hydrogen-bond acceptors (Lipinski definition) is 6. The molecule has 0 spiro atoms. The average Bonchev–Trinajstić information content (AvgIpc) is 2.76. The highest BCUT2D eigenvalue weighted by Crippen LogP contribution is 2.25. The second-order valence-corrected chi connectivity index (χ2v) is 9.56. The van der Waals surface area contributed by atoms with Crippen LogP contribution in [0.4, 0.5) is 15.3 Å². The summed E-state index contributed by atoms with van der Waals surface area (Å²) in [6, 6.07) is 3.75. The molecule has 0 N–H and O–H groups in total. The van der Waals surface area contributed by atoms with Crippen LogP contribution in [0.1, 0.15) is 40.0 Å². The van der Waals surface area contributed by atoms with Crippen molar-refractivity contribution in [1.29, 1.82) is 0 Å². The monoisotopic (exact) mass is 445 g/mol. The van der Waals surface area contributed by atoms with Crippen LogP contribution in [0.5, 0.6) is 0 Å². The molecule has 0 saturated carbocycles. The Morgan fingerprint density at radius 3 is 2.44 bits per heavy atom. The quantitative estimate of drug-likeness (QED) is 0.669. The van der Waals surface area contributed by atoms with Crippen LogP contribution in [-0.2, 0) is 9.53 Å². The maximum absolute atomic E-state index is 13.0. The number of aromatic nitrogens is 1. The Bertz CT molecular complexity index is 802. The lowest BCUT2D eigenvalue weighted by Crippen LogP contribution is -2.55. The van der Waals surface area contributed by atoms with Gasteiger partial charge in [-0.25, -0.2) is 9.59 Å². The van der Waals surface area contributed by atoms with Crippen LogP contribution in [0.25, 0.3) is 0 Å². The van der Waals surface area contributed by atoms with E-state index in [9.17, 15) is 14.4 Å². The maximum atomic E-state index is 13.0. The molecular weight excluding hydrogens is 410 g/mol. The minimum absolute atomic E-state index is 0.108. The summed E-state index contributed by atoms with van der Waals surface area (Å²) in [6.45, 7) is 8.82. The molecule has 1 aromatic heterocycles. The van der Waals surface area contributed by atoms with E-state index in [1.165, 1.54) is 9.80 Å². The topological polar surface area (TPSA) is 86.3 Å². The SMILES string of the molecule is CN(CCN1CCC(=O)N(CC2CCN(c3ccncc3)CC2)C1=O)C(=O)OC(C)(C)C. The highest BCUT2D eigenvalue weighted by Gasteiger charge is 2.34. The molecule has 32 heavy (non-hydrogen) atoms. The van der Waals surface area contributed by atoms with Gasteiger partial charge >= 0.3 is 12.1 Å². The van der Waals surface area contributed by atoms with Gasteiger partial charge in [0.05, 0.1) is 0 Å². The fourth-order valence-corrected chi connectivity index (χ4v) is 4.01. The molecule has 9 heteroatoms. The Morgan fingerprint density at radius 1 is 1.16 bits per heavy atom. The fourth-order valence-electron chi connectivity index (χ4n) is 4.01. The van der Waals surface area contributed by atoms with Crippen LogP contribution in [0.15, 0.2) is 24.5 Å². The van der Waals surface area contributed by atoms with Gasteiger partial charge in [0.15, 0.2) is 0 Å². The van der Waals surface area contributed by atoms with Gasteiger partial charge in [-0.3, -0.25) is 14.7 Å². The molecular formula is C23H35N5O4. The third-order valence-electron chi connectivity index (χ3n) is 5.89. The predicted octanol–water partition coefficient (Wildman–Crippen LogP) is 2.82. The Hall–Kier alpha value is -2.84. The first kappa shape index (κ1) is 23.8. The number of urea groups is 1. The van der Waals surface area contributed by atoms with E-state index >= 15 is 0 Å². The van der Waals surface area contributed by atoms with Crippen molar-refractivity contribution in [3.8, 4) is 0 Å². The Morgan fingerprint density at radius 2 is 1.81 bits per heavy atom. The molecule has 0 aliphatic carbocycles. The summed E-state index contributed by atoms with van der Waals surface area (Å²) in [7, 11) is 1.65. The number of pyridine rings is 1. The van der Waals surface area contributed by atoms with Crippen molar-refractivity contribution in [3.05, 3.63) is 24.5 Å². The van der Waals surface area contributed by atoms with Crippen LogP contribution in [0, 0.1) is 5.92 Å². The summed E-state index contributed by atoms with van der Waals surface area (Å²) in [6.07, 6.45) is 5.35. The second-order valence-electron chi connectivity index (χ2n) is 9.56. The lowest BCUT2D eigenvalue weighted by molar-refractivity contribution is -0.131. The average molecular weight is 446 g/mol. The minimum Gasteiger partial charge on any atom is -0.444 e. The maximum Gasteiger partial charge on any atom is 0.410 e. The van der Waals surface area contributed by atoms with Crippen molar-refractivity contribution >= 4 is 23.7 Å². The summed E-state index contributed by atoms with van der Waals surface area (Å²) in [4.78, 5) is 48.5. The molecule has 0 aromatic carbocycles. The molecule has 0 unspecified atom stereocenters. The van der Waals surface area contributed by atoms with E-state index < -0.39 is 11.7 Å². The van der Waals surface area contributed by atoms with E-state index in [0.29, 0.717) is 38.5 Å². The predicted molar refractivity (Wildman–Crippen MR) is 121 cm³/mol. The van der Waals surface area contributed by atoms with Gasteiger partial charge in [-0.05, 0) is 51.7 Å². The van der Waals surface area contributed by atoms with E-state index in [2.05, 4.69) is 9.88 Å². The number of piperidine rings is 1. The summed E-state index contributed by atoms with van der Waals surface area (Å²) >= 11 is 0. The molecule has 176 valence electrons. The van der Waals surface area contributed by atoms with Crippen LogP contribution in [0.3, 0.4) is 0 Å². The zero-order valence-electron chi connectivity index (χ0n) is 19.6. The standard InChI is InChI=1S/C23H35N5O4/c1-23(2,3)32-22(31)25(4)15-16-27-14-9-20(29)28(21(27)30)17-18-7-12-26(13-8-18)19-5-10-24-11-6-19/h5-6,10-11,18H,7-9,12-17H2,1-4H3. The first-order valence-corrected chi connectivity index (χ1v) is 11.3. The lowest BCUT2D eigenvalue weighted by atomic mass is 9.95. The minimum atomic E-state index is -0.567. The van der Waals surface area contributed by atoms with Crippen molar-refractivity contribution in [1.82, 2.24) is 19.7 Å². The third kappa shape index (κ3) is 6.34. The molecule has 0 bridgehead atoms. The van der Waals surface area contributed by atoms with Gasteiger partial charge in [-0.1, -0.05) is 0 Å². The van der Waals surface area contributed by atoms with E-state index in [-0.39, 0.29) is 11.9 Å². The number of nitrogens with zero attached hydrogens (tertiary/aromatic N) is 5. The summed E-state index contributed by atoms with van der Waals surface area (Å²) < 4.78 is 5.36. The molecule has 2 fully saturated rings. The van der Waals surface area contributed by atoms with Gasteiger partial charge in [-0.15, -0.1) is 0 Å². The number of carbonyl (C=O) groups excluding carboxylic acids is 3. The van der Waals surface area contributed by atoms with Crippen LogP contribution in [0.2, 0.25) is 0 Å². The molecule has 2 aliphatic rings. The van der Waals surface area contributed by atoms with Crippen LogP contribution in [-0.4, -0.2) is 89.6 Å². The van der Waals surface area contributed by atoms with E-state index in [1.54, 1.807) is 24.3 Å². The summed E-state index contributed by atoms with van der Waals surface area (Å²) in [5.41, 5.74) is 0.589. The molecule has 2 saturated heterocycles. The van der Waals surface area contributed by atoms with Crippen molar-refractivity contribution in [3.63, 3.8) is 0 Å². The van der Waals surface area contributed by atoms with E-state index in [4.69, 9.17) is 4.74 Å². The molecule has 2 aliphatic heterocycles. The lowest BCUT2D eigenvalue weighted by Gasteiger charge is -2.39. The van der Waals surface area contributed by atoms with Gasteiger partial charge in [0.25, 0.3) is 0 Å². The number of carbonyl (C=O) groups is 3. The number of likely N-dealkylation sites (N-methyl/N-ethyl adjacent to an activating group) is 1. The highest BCUT2D eigenvalue weighted by molar-refractivity contribution is 5.96. The van der Waals surface area contributed by atoms with Gasteiger partial charge < -0.3 is 19.4 Å². The molecule has 0 atom stereocenters. The van der Waals surface area contributed by atoms with Gasteiger partial charge in [0.1, 0.15) is 5.60 Å². The summed E-state index contributed by atoms with van der Waals surface area (Å²) in [5.74, 6) is 0.189. The first-order chi connectivity index (χ1) is 15.1. The van der Waals surface area contributed by atoms with Crippen LogP contribution >= 0.6 is 0 Å². The first-order valence-electron chi connectivity index (χ1n) is 11.3. The van der Waals surface area contributed by atoms with Gasteiger partial charge in [0, 0.05) is 70.8 Å². The molecule has 3 heterocycles. The molecule has 9 nitrogen and oxygen atoms in total. The number of hydrogen-bond donors (Lipinski definition) is 0. The third-order valence-corrected chi connectivity index (χ3v) is 5.89. The van der Waals surface area contributed by atoms with Crippen molar-refractivity contribution in [2.24, 2.45) is 5.92 Å². The number of anilines is 1. The Kier molecular flexibility index (Phi) is 7.58. The van der Waals surface area contributed by atoms with Crippen molar-refractivity contribution < 1.29 is 19.1 Å².